The van der Waals surface area contributed by atoms with Crippen LogP contribution < -0.4 is 10.1 Å². The van der Waals surface area contributed by atoms with Gasteiger partial charge in [-0.1, -0.05) is 12.1 Å². The molecule has 0 saturated carbocycles. The molecule has 19 heavy (non-hydrogen) atoms. The van der Waals surface area contributed by atoms with Crippen molar-refractivity contribution in [2.24, 2.45) is 0 Å². The van der Waals surface area contributed by atoms with Gasteiger partial charge in [0, 0.05) is 24.3 Å². The molecule has 1 unspecified atom stereocenters. The minimum absolute atomic E-state index is 0.286. The molecule has 4 heteroatoms. The number of aryl methyl sites for hydroxylation is 1. The van der Waals surface area contributed by atoms with Crippen molar-refractivity contribution in [2.45, 2.75) is 25.9 Å². The zero-order chi connectivity index (χ0) is 13.7. The van der Waals surface area contributed by atoms with E-state index in [2.05, 4.69) is 35.7 Å². The number of methoxy groups -OCH3 is 1. The lowest BCUT2D eigenvalue weighted by Crippen LogP contribution is -2.18. The Balaban J connectivity index is 2.09. The highest BCUT2D eigenvalue weighted by molar-refractivity contribution is 5.28. The highest BCUT2D eigenvalue weighted by Gasteiger charge is 2.12. The molecule has 0 aliphatic rings. The number of ether oxygens (including phenoxy) is 1. The smallest absolute Gasteiger partial charge is 0.118 e. The van der Waals surface area contributed by atoms with E-state index in [1.165, 1.54) is 11.1 Å². The van der Waals surface area contributed by atoms with E-state index in [1.807, 2.05) is 30.1 Å². The first-order valence-electron chi connectivity index (χ1n) is 6.59. The topological polar surface area (TPSA) is 39.1 Å². The summed E-state index contributed by atoms with van der Waals surface area (Å²) in [5.74, 6) is 0.892. The van der Waals surface area contributed by atoms with Crippen molar-refractivity contribution in [1.29, 1.82) is 0 Å². The van der Waals surface area contributed by atoms with E-state index in [-0.39, 0.29) is 6.04 Å². The van der Waals surface area contributed by atoms with Crippen molar-refractivity contribution in [3.05, 3.63) is 47.8 Å². The van der Waals surface area contributed by atoms with Crippen LogP contribution in [0.15, 0.2) is 36.7 Å². The summed E-state index contributed by atoms with van der Waals surface area (Å²) in [6.07, 6.45) is 4.98. The molecule has 102 valence electrons. The van der Waals surface area contributed by atoms with Crippen molar-refractivity contribution in [3.8, 4) is 5.75 Å². The Labute approximate surface area is 114 Å². The largest absolute Gasteiger partial charge is 0.497 e. The normalized spacial score (nSPS) is 12.4. The Bertz CT molecular complexity index is 504. The van der Waals surface area contributed by atoms with E-state index in [1.54, 1.807) is 7.11 Å². The Kier molecular flexibility index (Phi) is 4.58. The van der Waals surface area contributed by atoms with Crippen LogP contribution in [0.1, 0.15) is 24.1 Å². The fourth-order valence-corrected chi connectivity index (χ4v) is 2.12. The van der Waals surface area contributed by atoms with E-state index in [9.17, 15) is 0 Å². The lowest BCUT2D eigenvalue weighted by molar-refractivity contribution is 0.414. The quantitative estimate of drug-likeness (QED) is 0.866. The summed E-state index contributed by atoms with van der Waals surface area (Å²) < 4.78 is 7.13. The second-order valence-corrected chi connectivity index (χ2v) is 4.52. The van der Waals surface area contributed by atoms with Crippen LogP contribution in [0, 0.1) is 0 Å². The molecule has 0 aliphatic heterocycles. The first kappa shape index (κ1) is 13.6. The molecule has 1 aromatic heterocycles. The van der Waals surface area contributed by atoms with Gasteiger partial charge in [-0.05, 0) is 38.1 Å². The fraction of sp³-hybridized carbons (Fsp3) is 0.400. The molecule has 0 bridgehead atoms. The first-order valence-corrected chi connectivity index (χ1v) is 6.59. The van der Waals surface area contributed by atoms with E-state index in [4.69, 9.17) is 4.74 Å². The summed E-state index contributed by atoms with van der Waals surface area (Å²) in [6, 6.07) is 8.49. The minimum atomic E-state index is 0.286. The van der Waals surface area contributed by atoms with Gasteiger partial charge in [0.15, 0.2) is 0 Å². The van der Waals surface area contributed by atoms with Gasteiger partial charge in [0.25, 0.3) is 0 Å². The molecule has 1 heterocycles. The Morgan fingerprint density at radius 1 is 1.32 bits per heavy atom. The summed E-state index contributed by atoms with van der Waals surface area (Å²) in [6.45, 7) is 2.99. The number of benzene rings is 1. The standard InChI is InChI=1S/C15H21N3O/c1-4-18-11-13(10-17-18)15(16-2)9-12-5-7-14(19-3)8-6-12/h5-8,10-11,15-16H,4,9H2,1-3H3. The Morgan fingerprint density at radius 2 is 2.05 bits per heavy atom. The van der Waals surface area contributed by atoms with Crippen molar-refractivity contribution < 1.29 is 4.74 Å². The molecule has 1 N–H and O–H groups in total. The van der Waals surface area contributed by atoms with Crippen LogP contribution in [0.4, 0.5) is 0 Å². The molecule has 0 amide bonds. The van der Waals surface area contributed by atoms with Gasteiger partial charge in [-0.2, -0.15) is 5.10 Å². The van der Waals surface area contributed by atoms with Crippen LogP contribution in [0.2, 0.25) is 0 Å². The SMILES string of the molecule is CCn1cc(C(Cc2ccc(OC)cc2)NC)cn1. The van der Waals surface area contributed by atoms with E-state index < -0.39 is 0 Å². The molecule has 1 atom stereocenters. The van der Waals surface area contributed by atoms with Gasteiger partial charge in [-0.25, -0.2) is 0 Å². The average Bonchev–Trinajstić information content (AvgIpc) is 2.94. The van der Waals surface area contributed by atoms with Crippen LogP contribution >= 0.6 is 0 Å². The van der Waals surface area contributed by atoms with Crippen molar-refractivity contribution in [2.75, 3.05) is 14.2 Å². The summed E-state index contributed by atoms with van der Waals surface area (Å²) in [5, 5.41) is 7.68. The number of aromatic nitrogens is 2. The van der Waals surface area contributed by atoms with Crippen molar-refractivity contribution >= 4 is 0 Å². The number of likely N-dealkylation sites (N-methyl/N-ethyl adjacent to an activating group) is 1. The summed E-state index contributed by atoms with van der Waals surface area (Å²) in [4.78, 5) is 0. The highest BCUT2D eigenvalue weighted by atomic mass is 16.5. The van der Waals surface area contributed by atoms with Gasteiger partial charge in [-0.3, -0.25) is 4.68 Å². The number of rotatable bonds is 6. The molecular weight excluding hydrogens is 238 g/mol. The third-order valence-corrected chi connectivity index (χ3v) is 3.33. The van der Waals surface area contributed by atoms with Crippen LogP contribution in [-0.2, 0) is 13.0 Å². The van der Waals surface area contributed by atoms with Crippen molar-refractivity contribution in [3.63, 3.8) is 0 Å². The molecule has 0 fully saturated rings. The van der Waals surface area contributed by atoms with Crippen molar-refractivity contribution in [1.82, 2.24) is 15.1 Å². The van der Waals surface area contributed by atoms with E-state index in [0.29, 0.717) is 0 Å². The molecule has 0 saturated heterocycles. The predicted octanol–water partition coefficient (Wildman–Crippen LogP) is 2.41. The summed E-state index contributed by atoms with van der Waals surface area (Å²) in [5.41, 5.74) is 2.50. The van der Waals surface area contributed by atoms with Gasteiger partial charge in [0.05, 0.1) is 13.3 Å². The maximum absolute atomic E-state index is 5.17. The monoisotopic (exact) mass is 259 g/mol. The molecule has 1 aromatic carbocycles. The average molecular weight is 259 g/mol. The molecular formula is C15H21N3O. The maximum atomic E-state index is 5.17. The molecule has 0 aliphatic carbocycles. The number of hydrogen-bond acceptors (Lipinski definition) is 3. The second kappa shape index (κ2) is 6.38. The third-order valence-electron chi connectivity index (χ3n) is 3.33. The second-order valence-electron chi connectivity index (χ2n) is 4.52. The maximum Gasteiger partial charge on any atom is 0.118 e. The summed E-state index contributed by atoms with van der Waals surface area (Å²) >= 11 is 0. The molecule has 2 rings (SSSR count). The van der Waals surface area contributed by atoms with Crippen LogP contribution in [0.25, 0.3) is 0 Å². The zero-order valence-electron chi connectivity index (χ0n) is 11.8. The molecule has 0 radical (unpaired) electrons. The molecule has 0 spiro atoms. The Morgan fingerprint density at radius 3 is 2.58 bits per heavy atom. The molecule has 4 nitrogen and oxygen atoms in total. The van der Waals surface area contributed by atoms with E-state index >= 15 is 0 Å². The minimum Gasteiger partial charge on any atom is -0.497 e. The van der Waals surface area contributed by atoms with Crippen LogP contribution in [0.3, 0.4) is 0 Å². The summed E-state index contributed by atoms with van der Waals surface area (Å²) in [7, 11) is 3.67. The lowest BCUT2D eigenvalue weighted by atomic mass is 10.0. The van der Waals surface area contributed by atoms with Crippen LogP contribution in [-0.4, -0.2) is 23.9 Å². The molecule has 2 aromatic rings. The van der Waals surface area contributed by atoms with Gasteiger partial charge in [-0.15, -0.1) is 0 Å². The van der Waals surface area contributed by atoms with Gasteiger partial charge in [0.2, 0.25) is 0 Å². The number of hydrogen-bond donors (Lipinski definition) is 1. The number of nitrogens with zero attached hydrogens (tertiary/aromatic N) is 2. The third kappa shape index (κ3) is 3.35. The van der Waals surface area contributed by atoms with Gasteiger partial charge in [0.1, 0.15) is 5.75 Å². The van der Waals surface area contributed by atoms with Gasteiger partial charge < -0.3 is 10.1 Å². The van der Waals surface area contributed by atoms with Gasteiger partial charge >= 0.3 is 0 Å². The predicted molar refractivity (Wildman–Crippen MR) is 76.4 cm³/mol. The lowest BCUT2D eigenvalue weighted by Gasteiger charge is -2.14. The zero-order valence-corrected chi connectivity index (χ0v) is 11.8. The number of nitrogens with one attached hydrogen (secondary N) is 1. The Hall–Kier alpha value is -1.81. The first-order chi connectivity index (χ1) is 9.26. The van der Waals surface area contributed by atoms with Crippen LogP contribution in [0.5, 0.6) is 5.75 Å². The fourth-order valence-electron chi connectivity index (χ4n) is 2.12. The van der Waals surface area contributed by atoms with E-state index in [0.717, 1.165) is 18.7 Å². The highest BCUT2D eigenvalue weighted by Crippen LogP contribution is 2.19.